The zero-order chi connectivity index (χ0) is 13.5. The van der Waals surface area contributed by atoms with E-state index in [9.17, 15) is 9.59 Å². The maximum atomic E-state index is 12.2. The summed E-state index contributed by atoms with van der Waals surface area (Å²) in [6.45, 7) is 4.92. The zero-order valence-electron chi connectivity index (χ0n) is 11.5. The molecule has 1 saturated carbocycles. The van der Waals surface area contributed by atoms with Gasteiger partial charge in [-0.15, -0.1) is 0 Å². The molecule has 2 heterocycles. The van der Waals surface area contributed by atoms with Crippen LogP contribution in [-0.2, 0) is 14.3 Å². The molecule has 3 fully saturated rings. The smallest absolute Gasteiger partial charge is 0.242 e. The molecule has 5 heteroatoms. The van der Waals surface area contributed by atoms with Gasteiger partial charge in [0.1, 0.15) is 6.04 Å². The lowest BCUT2D eigenvalue weighted by Crippen LogP contribution is -2.52. The first kappa shape index (κ1) is 12.9. The van der Waals surface area contributed by atoms with Crippen molar-refractivity contribution < 1.29 is 14.3 Å². The van der Waals surface area contributed by atoms with Gasteiger partial charge in [-0.25, -0.2) is 0 Å². The fourth-order valence-corrected chi connectivity index (χ4v) is 2.84. The summed E-state index contributed by atoms with van der Waals surface area (Å²) in [5, 5.41) is 3.00. The molecular weight excluding hydrogens is 244 g/mol. The number of likely N-dealkylation sites (tertiary alicyclic amines) is 1. The van der Waals surface area contributed by atoms with Gasteiger partial charge in [0.25, 0.3) is 0 Å². The molecule has 0 aromatic heterocycles. The highest BCUT2D eigenvalue weighted by Crippen LogP contribution is 2.33. The fourth-order valence-electron chi connectivity index (χ4n) is 2.84. The first-order valence-corrected chi connectivity index (χ1v) is 7.25. The van der Waals surface area contributed by atoms with Gasteiger partial charge < -0.3 is 15.0 Å². The van der Waals surface area contributed by atoms with Gasteiger partial charge in [-0.2, -0.15) is 0 Å². The van der Waals surface area contributed by atoms with E-state index in [1.54, 1.807) is 4.90 Å². The van der Waals surface area contributed by atoms with E-state index < -0.39 is 0 Å². The van der Waals surface area contributed by atoms with Crippen molar-refractivity contribution >= 4 is 11.8 Å². The minimum Gasteiger partial charge on any atom is -0.380 e. The van der Waals surface area contributed by atoms with Crippen LogP contribution < -0.4 is 5.32 Å². The van der Waals surface area contributed by atoms with Crippen molar-refractivity contribution in [2.45, 2.75) is 38.6 Å². The molecule has 2 aliphatic heterocycles. The molecule has 1 atom stereocenters. The lowest BCUT2D eigenvalue weighted by atomic mass is 9.88. The largest absolute Gasteiger partial charge is 0.380 e. The van der Waals surface area contributed by atoms with Crippen LogP contribution in [0.4, 0.5) is 0 Å². The van der Waals surface area contributed by atoms with Gasteiger partial charge in [0.15, 0.2) is 0 Å². The summed E-state index contributed by atoms with van der Waals surface area (Å²) in [7, 11) is 0. The number of hydrogen-bond acceptors (Lipinski definition) is 3. The molecule has 3 rings (SSSR count). The van der Waals surface area contributed by atoms with Gasteiger partial charge in [-0.3, -0.25) is 9.59 Å². The predicted molar refractivity (Wildman–Crippen MR) is 69.4 cm³/mol. The molecule has 0 aromatic rings. The Morgan fingerprint density at radius 3 is 2.63 bits per heavy atom. The van der Waals surface area contributed by atoms with Crippen LogP contribution in [0.3, 0.4) is 0 Å². The van der Waals surface area contributed by atoms with Crippen LogP contribution in [0.5, 0.6) is 0 Å². The molecule has 19 heavy (non-hydrogen) atoms. The molecular formula is C14H22N2O3. The third kappa shape index (κ3) is 2.61. The van der Waals surface area contributed by atoms with E-state index in [2.05, 4.69) is 12.2 Å². The second kappa shape index (κ2) is 4.78. The van der Waals surface area contributed by atoms with Gasteiger partial charge >= 0.3 is 0 Å². The van der Waals surface area contributed by atoms with Crippen molar-refractivity contribution in [3.05, 3.63) is 0 Å². The third-order valence-electron chi connectivity index (χ3n) is 4.36. The summed E-state index contributed by atoms with van der Waals surface area (Å²) < 4.78 is 5.18. The minimum atomic E-state index is -0.238. The average Bonchev–Trinajstić information content (AvgIpc) is 3.10. The Kier molecular flexibility index (Phi) is 3.25. The van der Waals surface area contributed by atoms with Crippen molar-refractivity contribution in [3.63, 3.8) is 0 Å². The van der Waals surface area contributed by atoms with Crippen molar-refractivity contribution in [1.29, 1.82) is 0 Å². The highest BCUT2D eigenvalue weighted by molar-refractivity contribution is 5.90. The highest BCUT2D eigenvalue weighted by atomic mass is 16.5. The van der Waals surface area contributed by atoms with Crippen LogP contribution in [-0.4, -0.2) is 49.1 Å². The topological polar surface area (TPSA) is 58.6 Å². The van der Waals surface area contributed by atoms with E-state index in [0.29, 0.717) is 19.8 Å². The van der Waals surface area contributed by atoms with Gasteiger partial charge in [-0.1, -0.05) is 6.92 Å². The number of rotatable bonds is 4. The second-order valence-corrected chi connectivity index (χ2v) is 6.49. The Morgan fingerprint density at radius 1 is 1.32 bits per heavy atom. The lowest BCUT2D eigenvalue weighted by molar-refractivity contribution is -0.141. The Labute approximate surface area is 113 Å². The first-order chi connectivity index (χ1) is 9.09. The molecule has 3 aliphatic rings. The molecule has 0 spiro atoms. The molecule has 5 nitrogen and oxygen atoms in total. The fraction of sp³-hybridized carbons (Fsp3) is 0.857. The number of carbonyl (C=O) groups is 2. The van der Waals surface area contributed by atoms with Gasteiger partial charge in [-0.05, 0) is 25.7 Å². The quantitative estimate of drug-likeness (QED) is 0.808. The van der Waals surface area contributed by atoms with Gasteiger partial charge in [0.2, 0.25) is 11.8 Å². The van der Waals surface area contributed by atoms with E-state index in [1.807, 2.05) is 0 Å². The van der Waals surface area contributed by atoms with Crippen molar-refractivity contribution in [2.75, 3.05) is 26.3 Å². The first-order valence-electron chi connectivity index (χ1n) is 7.25. The molecule has 2 saturated heterocycles. The SMILES string of the molecule is CC1(CNC(=O)C2CCCN2C(=O)C2CC2)COC1. The number of nitrogens with one attached hydrogen (secondary N) is 1. The van der Waals surface area contributed by atoms with Gasteiger partial charge in [0.05, 0.1) is 13.2 Å². The summed E-state index contributed by atoms with van der Waals surface area (Å²) in [6.07, 6.45) is 3.74. The summed E-state index contributed by atoms with van der Waals surface area (Å²) in [6, 6.07) is -0.238. The van der Waals surface area contributed by atoms with Crippen LogP contribution in [0.2, 0.25) is 0 Å². The van der Waals surface area contributed by atoms with E-state index >= 15 is 0 Å². The summed E-state index contributed by atoms with van der Waals surface area (Å²) in [5.74, 6) is 0.404. The Morgan fingerprint density at radius 2 is 2.05 bits per heavy atom. The molecule has 2 amide bonds. The molecule has 1 N–H and O–H groups in total. The molecule has 106 valence electrons. The number of carbonyl (C=O) groups excluding carboxylic acids is 2. The summed E-state index contributed by atoms with van der Waals surface area (Å²) >= 11 is 0. The number of amides is 2. The lowest BCUT2D eigenvalue weighted by Gasteiger charge is -2.38. The minimum absolute atomic E-state index is 0.0135. The molecule has 1 unspecified atom stereocenters. The zero-order valence-corrected chi connectivity index (χ0v) is 11.5. The standard InChI is InChI=1S/C14H22N2O3/c1-14(8-19-9-14)7-15-12(17)11-3-2-6-16(11)13(18)10-4-5-10/h10-11H,2-9H2,1H3,(H,15,17). The normalized spacial score (nSPS) is 28.9. The summed E-state index contributed by atoms with van der Waals surface area (Å²) in [5.41, 5.74) is 0.0829. The average molecular weight is 266 g/mol. The van der Waals surface area contributed by atoms with Crippen LogP contribution >= 0.6 is 0 Å². The monoisotopic (exact) mass is 266 g/mol. The van der Waals surface area contributed by atoms with Crippen molar-refractivity contribution in [2.24, 2.45) is 11.3 Å². The van der Waals surface area contributed by atoms with Crippen molar-refractivity contribution in [3.8, 4) is 0 Å². The van der Waals surface area contributed by atoms with Crippen LogP contribution in [0, 0.1) is 11.3 Å². The van der Waals surface area contributed by atoms with Crippen LogP contribution in [0.25, 0.3) is 0 Å². The predicted octanol–water partition coefficient (Wildman–Crippen LogP) is 0.540. The highest BCUT2D eigenvalue weighted by Gasteiger charge is 2.41. The Balaban J connectivity index is 1.54. The van der Waals surface area contributed by atoms with E-state index in [4.69, 9.17) is 4.74 Å². The van der Waals surface area contributed by atoms with E-state index in [1.165, 1.54) is 0 Å². The molecule has 1 aliphatic carbocycles. The Hall–Kier alpha value is -1.10. The molecule has 0 bridgehead atoms. The maximum Gasteiger partial charge on any atom is 0.242 e. The molecule has 0 radical (unpaired) electrons. The van der Waals surface area contributed by atoms with Crippen LogP contribution in [0.15, 0.2) is 0 Å². The molecule has 0 aromatic carbocycles. The maximum absolute atomic E-state index is 12.2. The summed E-state index contributed by atoms with van der Waals surface area (Å²) in [4.78, 5) is 26.2. The van der Waals surface area contributed by atoms with E-state index in [0.717, 1.165) is 32.2 Å². The van der Waals surface area contributed by atoms with Crippen LogP contribution in [0.1, 0.15) is 32.6 Å². The number of hydrogen-bond donors (Lipinski definition) is 1. The number of ether oxygens (including phenoxy) is 1. The number of nitrogens with zero attached hydrogens (tertiary/aromatic N) is 1. The second-order valence-electron chi connectivity index (χ2n) is 6.49. The van der Waals surface area contributed by atoms with E-state index in [-0.39, 0.29) is 29.2 Å². The van der Waals surface area contributed by atoms with Crippen molar-refractivity contribution in [1.82, 2.24) is 10.2 Å². The van der Waals surface area contributed by atoms with Gasteiger partial charge in [0, 0.05) is 24.4 Å². The Bertz CT molecular complexity index is 388. The third-order valence-corrected chi connectivity index (χ3v) is 4.36.